The largest absolute Gasteiger partial charge is 0.308 e. The van der Waals surface area contributed by atoms with Crippen LogP contribution in [0, 0.1) is 5.41 Å². The second kappa shape index (κ2) is 5.16. The lowest BCUT2D eigenvalue weighted by Gasteiger charge is -2.47. The van der Waals surface area contributed by atoms with Crippen molar-refractivity contribution < 1.29 is 0 Å². The maximum Gasteiger partial charge on any atom is 0.0473 e. The predicted molar refractivity (Wildman–Crippen MR) is 84.8 cm³/mol. The Bertz CT molecular complexity index is 452. The zero-order chi connectivity index (χ0) is 14.2. The molecule has 0 spiro atoms. The van der Waals surface area contributed by atoms with Crippen molar-refractivity contribution in [2.24, 2.45) is 5.41 Å². The summed E-state index contributed by atoms with van der Waals surface area (Å²) in [6.07, 6.45) is 4.00. The number of piperazine rings is 1. The van der Waals surface area contributed by atoms with Gasteiger partial charge >= 0.3 is 0 Å². The molecule has 2 heteroatoms. The van der Waals surface area contributed by atoms with Gasteiger partial charge in [-0.2, -0.15) is 0 Å². The normalized spacial score (nSPS) is 33.0. The van der Waals surface area contributed by atoms with Gasteiger partial charge in [0, 0.05) is 31.2 Å². The van der Waals surface area contributed by atoms with E-state index in [-0.39, 0.29) is 5.54 Å². The molecular formula is C18H28N2. The summed E-state index contributed by atoms with van der Waals surface area (Å²) in [6, 6.07) is 11.5. The van der Waals surface area contributed by atoms with Gasteiger partial charge in [-0.1, -0.05) is 44.2 Å². The van der Waals surface area contributed by atoms with E-state index in [1.165, 1.54) is 37.9 Å². The number of rotatable bonds is 4. The summed E-state index contributed by atoms with van der Waals surface area (Å²) in [5.41, 5.74) is 2.32. The van der Waals surface area contributed by atoms with E-state index in [1.54, 1.807) is 0 Å². The van der Waals surface area contributed by atoms with Crippen LogP contribution in [-0.4, -0.2) is 30.1 Å². The fraction of sp³-hybridized carbons (Fsp3) is 0.667. The van der Waals surface area contributed by atoms with Gasteiger partial charge in [0.25, 0.3) is 0 Å². The van der Waals surface area contributed by atoms with Gasteiger partial charge < -0.3 is 5.32 Å². The highest BCUT2D eigenvalue weighted by Crippen LogP contribution is 2.47. The molecule has 2 unspecified atom stereocenters. The van der Waals surface area contributed by atoms with Gasteiger partial charge in [0.2, 0.25) is 0 Å². The first-order chi connectivity index (χ1) is 9.54. The molecule has 2 fully saturated rings. The van der Waals surface area contributed by atoms with E-state index in [1.807, 2.05) is 0 Å². The Kier molecular flexibility index (Phi) is 3.64. The van der Waals surface area contributed by atoms with Crippen LogP contribution in [0.1, 0.15) is 51.6 Å². The third kappa shape index (κ3) is 2.91. The van der Waals surface area contributed by atoms with Gasteiger partial charge in [-0.3, -0.25) is 4.90 Å². The summed E-state index contributed by atoms with van der Waals surface area (Å²) in [7, 11) is 0. The fourth-order valence-electron chi connectivity index (χ4n) is 3.36. The third-order valence-electron chi connectivity index (χ3n) is 5.37. The molecule has 1 saturated carbocycles. The van der Waals surface area contributed by atoms with Crippen molar-refractivity contribution in [1.82, 2.24) is 10.2 Å². The molecule has 1 aromatic carbocycles. The first kappa shape index (κ1) is 14.1. The van der Waals surface area contributed by atoms with Gasteiger partial charge in [0.15, 0.2) is 0 Å². The highest BCUT2D eigenvalue weighted by Gasteiger charge is 2.43. The molecule has 1 saturated heterocycles. The van der Waals surface area contributed by atoms with Gasteiger partial charge in [-0.25, -0.2) is 0 Å². The van der Waals surface area contributed by atoms with Crippen molar-refractivity contribution in [3.63, 3.8) is 0 Å². The minimum absolute atomic E-state index is 0.274. The lowest BCUT2D eigenvalue weighted by atomic mass is 9.90. The van der Waals surface area contributed by atoms with Gasteiger partial charge in [-0.15, -0.1) is 0 Å². The summed E-state index contributed by atoms with van der Waals surface area (Å²) in [5.74, 6) is 0. The molecule has 0 aromatic heterocycles. The first-order valence-corrected chi connectivity index (χ1v) is 8.08. The molecular weight excluding hydrogens is 244 g/mol. The second-order valence-corrected chi connectivity index (χ2v) is 7.44. The Morgan fingerprint density at radius 3 is 2.50 bits per heavy atom. The quantitative estimate of drug-likeness (QED) is 0.901. The standard InChI is InChI=1S/C18H28N2/c1-4-18(3)14-20(13-17(2)10-11-17)16(12-19-18)15-8-6-5-7-9-15/h5-9,16,19H,4,10-14H2,1-3H3. The van der Waals surface area contributed by atoms with Crippen molar-refractivity contribution in [1.29, 1.82) is 0 Å². The van der Waals surface area contributed by atoms with Gasteiger partial charge in [0.05, 0.1) is 0 Å². The molecule has 1 heterocycles. The number of nitrogens with one attached hydrogen (secondary N) is 1. The van der Waals surface area contributed by atoms with Crippen LogP contribution in [0.5, 0.6) is 0 Å². The van der Waals surface area contributed by atoms with Crippen molar-refractivity contribution in [3.05, 3.63) is 35.9 Å². The van der Waals surface area contributed by atoms with E-state index in [9.17, 15) is 0 Å². The third-order valence-corrected chi connectivity index (χ3v) is 5.37. The number of benzene rings is 1. The molecule has 2 nitrogen and oxygen atoms in total. The molecule has 1 N–H and O–H groups in total. The minimum Gasteiger partial charge on any atom is -0.308 e. The molecule has 20 heavy (non-hydrogen) atoms. The summed E-state index contributed by atoms with van der Waals surface area (Å²) in [6.45, 7) is 10.6. The lowest BCUT2D eigenvalue weighted by molar-refractivity contribution is 0.0674. The van der Waals surface area contributed by atoms with Crippen LogP contribution < -0.4 is 5.32 Å². The monoisotopic (exact) mass is 272 g/mol. The topological polar surface area (TPSA) is 15.3 Å². The molecule has 2 atom stereocenters. The molecule has 3 rings (SSSR count). The minimum atomic E-state index is 0.274. The maximum absolute atomic E-state index is 3.79. The number of hydrogen-bond acceptors (Lipinski definition) is 2. The Labute approximate surface area is 123 Å². The average molecular weight is 272 g/mol. The van der Waals surface area contributed by atoms with Gasteiger partial charge in [0.1, 0.15) is 0 Å². The summed E-state index contributed by atoms with van der Waals surface area (Å²) in [4.78, 5) is 2.74. The van der Waals surface area contributed by atoms with Gasteiger partial charge in [-0.05, 0) is 37.2 Å². The first-order valence-electron chi connectivity index (χ1n) is 8.08. The lowest BCUT2D eigenvalue weighted by Crippen LogP contribution is -2.60. The second-order valence-electron chi connectivity index (χ2n) is 7.44. The number of nitrogens with zero attached hydrogens (tertiary/aromatic N) is 1. The van der Waals surface area contributed by atoms with E-state index in [4.69, 9.17) is 0 Å². The average Bonchev–Trinajstić information content (AvgIpc) is 3.17. The molecule has 0 bridgehead atoms. The van der Waals surface area contributed by atoms with Crippen LogP contribution in [0.2, 0.25) is 0 Å². The molecule has 1 aliphatic heterocycles. The molecule has 0 amide bonds. The Morgan fingerprint density at radius 1 is 1.20 bits per heavy atom. The van der Waals surface area contributed by atoms with E-state index < -0.39 is 0 Å². The molecule has 1 aromatic rings. The van der Waals surface area contributed by atoms with Crippen LogP contribution >= 0.6 is 0 Å². The van der Waals surface area contributed by atoms with Crippen molar-refractivity contribution in [2.45, 2.75) is 51.6 Å². The van der Waals surface area contributed by atoms with Crippen LogP contribution in [0.4, 0.5) is 0 Å². The summed E-state index contributed by atoms with van der Waals surface area (Å²) >= 11 is 0. The molecule has 2 aliphatic rings. The van der Waals surface area contributed by atoms with Crippen LogP contribution in [-0.2, 0) is 0 Å². The van der Waals surface area contributed by atoms with Crippen LogP contribution in [0.3, 0.4) is 0 Å². The highest BCUT2D eigenvalue weighted by molar-refractivity contribution is 5.21. The number of hydrogen-bond donors (Lipinski definition) is 1. The van der Waals surface area contributed by atoms with E-state index >= 15 is 0 Å². The van der Waals surface area contributed by atoms with E-state index in [0.717, 1.165) is 6.54 Å². The fourth-order valence-corrected chi connectivity index (χ4v) is 3.36. The molecule has 0 radical (unpaired) electrons. The summed E-state index contributed by atoms with van der Waals surface area (Å²) < 4.78 is 0. The SMILES string of the molecule is CCC1(C)CN(CC2(C)CC2)C(c2ccccc2)CN1. The maximum atomic E-state index is 3.79. The van der Waals surface area contributed by atoms with Crippen molar-refractivity contribution in [2.75, 3.05) is 19.6 Å². The highest BCUT2D eigenvalue weighted by atomic mass is 15.3. The Morgan fingerprint density at radius 2 is 1.90 bits per heavy atom. The Balaban J connectivity index is 1.80. The van der Waals surface area contributed by atoms with Crippen molar-refractivity contribution in [3.8, 4) is 0 Å². The van der Waals surface area contributed by atoms with Crippen LogP contribution in [0.15, 0.2) is 30.3 Å². The van der Waals surface area contributed by atoms with Crippen molar-refractivity contribution >= 4 is 0 Å². The predicted octanol–water partition coefficient (Wildman–Crippen LogP) is 3.60. The smallest absolute Gasteiger partial charge is 0.0473 e. The zero-order valence-corrected chi connectivity index (χ0v) is 13.2. The zero-order valence-electron chi connectivity index (χ0n) is 13.2. The molecule has 110 valence electrons. The Hall–Kier alpha value is -0.860. The van der Waals surface area contributed by atoms with Crippen LogP contribution in [0.25, 0.3) is 0 Å². The van der Waals surface area contributed by atoms with E-state index in [2.05, 4.69) is 61.3 Å². The summed E-state index contributed by atoms with van der Waals surface area (Å²) in [5, 5.41) is 3.79. The molecule has 1 aliphatic carbocycles. The van der Waals surface area contributed by atoms with E-state index in [0.29, 0.717) is 11.5 Å².